The van der Waals surface area contributed by atoms with Crippen LogP contribution in [-0.4, -0.2) is 37.2 Å². The van der Waals surface area contributed by atoms with Crippen LogP contribution in [0.5, 0.6) is 0 Å². The molecule has 0 aromatic rings. The van der Waals surface area contributed by atoms with Gasteiger partial charge in [-0.15, -0.1) is 0 Å². The average molecular weight is 1070 g/mol. The zero-order valence-corrected chi connectivity index (χ0v) is 50.2. The van der Waals surface area contributed by atoms with Gasteiger partial charge in [-0.3, -0.25) is 14.4 Å². The lowest BCUT2D eigenvalue weighted by atomic mass is 10.0. The quantitative estimate of drug-likeness (QED) is 0.0261. The van der Waals surface area contributed by atoms with Gasteiger partial charge in [-0.05, 0) is 128 Å². The Kier molecular flexibility index (Phi) is 60.8. The van der Waals surface area contributed by atoms with Crippen molar-refractivity contribution in [3.63, 3.8) is 0 Å². The number of hydrogen-bond acceptors (Lipinski definition) is 6. The van der Waals surface area contributed by atoms with Gasteiger partial charge < -0.3 is 14.2 Å². The third-order valence-corrected chi connectivity index (χ3v) is 13.4. The first-order chi connectivity index (χ1) is 38.0. The molecule has 0 N–H and O–H groups in total. The Hall–Kier alpha value is -4.19. The lowest BCUT2D eigenvalue weighted by molar-refractivity contribution is -0.167. The van der Waals surface area contributed by atoms with E-state index in [9.17, 15) is 14.4 Å². The molecule has 1 unspecified atom stereocenters. The number of carbonyl (C=O) groups is 3. The maximum Gasteiger partial charge on any atom is 0.306 e. The van der Waals surface area contributed by atoms with Gasteiger partial charge in [0.15, 0.2) is 6.10 Å². The lowest BCUT2D eigenvalue weighted by Crippen LogP contribution is -2.30. The van der Waals surface area contributed by atoms with Crippen molar-refractivity contribution in [2.75, 3.05) is 13.2 Å². The van der Waals surface area contributed by atoms with Gasteiger partial charge in [0.2, 0.25) is 0 Å². The van der Waals surface area contributed by atoms with Crippen molar-refractivity contribution in [1.82, 2.24) is 0 Å². The molecule has 0 spiro atoms. The van der Waals surface area contributed by atoms with Crippen LogP contribution in [0.15, 0.2) is 122 Å². The van der Waals surface area contributed by atoms with E-state index < -0.39 is 6.10 Å². The molecule has 0 heterocycles. The number of rotatable bonds is 57. The smallest absolute Gasteiger partial charge is 0.306 e. The number of esters is 3. The van der Waals surface area contributed by atoms with Crippen molar-refractivity contribution in [2.24, 2.45) is 0 Å². The molecule has 0 aliphatic heterocycles. The van der Waals surface area contributed by atoms with E-state index in [1.165, 1.54) is 116 Å². The Balaban J connectivity index is 4.21. The van der Waals surface area contributed by atoms with Crippen molar-refractivity contribution < 1.29 is 28.6 Å². The van der Waals surface area contributed by atoms with Crippen molar-refractivity contribution in [3.8, 4) is 0 Å². The molecule has 0 amide bonds. The van der Waals surface area contributed by atoms with Gasteiger partial charge >= 0.3 is 17.9 Å². The van der Waals surface area contributed by atoms with E-state index in [0.717, 1.165) is 135 Å². The van der Waals surface area contributed by atoms with Crippen LogP contribution >= 0.6 is 0 Å². The van der Waals surface area contributed by atoms with Gasteiger partial charge in [-0.2, -0.15) is 0 Å². The highest BCUT2D eigenvalue weighted by Gasteiger charge is 2.19. The molecule has 77 heavy (non-hydrogen) atoms. The zero-order valence-electron chi connectivity index (χ0n) is 50.2. The second kappa shape index (κ2) is 64.3. The SMILES string of the molecule is CC/C=C\C/C=C\C/C=C\C/C=C\C/C=C\C/C=C\C/C=C\CCCCCCCCCCCCCC(=O)OCC(COC(=O)CCCCCCC/C=C\CCCCC)OC(=O)CCCCCCC/C=C\C/C=C\CCCC. The Morgan fingerprint density at radius 3 is 0.844 bits per heavy atom. The second-order valence-corrected chi connectivity index (χ2v) is 20.9. The second-order valence-electron chi connectivity index (χ2n) is 20.9. The van der Waals surface area contributed by atoms with E-state index in [4.69, 9.17) is 14.2 Å². The highest BCUT2D eigenvalue weighted by Crippen LogP contribution is 2.15. The summed E-state index contributed by atoms with van der Waals surface area (Å²) in [7, 11) is 0. The molecule has 438 valence electrons. The fourth-order valence-electron chi connectivity index (χ4n) is 8.61. The predicted molar refractivity (Wildman–Crippen MR) is 334 cm³/mol. The van der Waals surface area contributed by atoms with Crippen LogP contribution in [0.25, 0.3) is 0 Å². The molecule has 0 fully saturated rings. The molecule has 0 aliphatic carbocycles. The Labute approximate surface area is 475 Å². The van der Waals surface area contributed by atoms with Gasteiger partial charge in [0.1, 0.15) is 13.2 Å². The van der Waals surface area contributed by atoms with Crippen LogP contribution in [0, 0.1) is 0 Å². The summed E-state index contributed by atoms with van der Waals surface area (Å²) in [6, 6.07) is 0. The maximum absolute atomic E-state index is 12.9. The van der Waals surface area contributed by atoms with E-state index in [1.54, 1.807) is 0 Å². The third kappa shape index (κ3) is 62.5. The summed E-state index contributed by atoms with van der Waals surface area (Å²) in [5, 5.41) is 0. The van der Waals surface area contributed by atoms with Gasteiger partial charge in [0.05, 0.1) is 0 Å². The molecule has 0 aromatic heterocycles. The van der Waals surface area contributed by atoms with E-state index in [2.05, 4.69) is 142 Å². The fourth-order valence-corrected chi connectivity index (χ4v) is 8.61. The summed E-state index contributed by atoms with van der Waals surface area (Å²) in [6.45, 7) is 6.45. The summed E-state index contributed by atoms with van der Waals surface area (Å²) in [5.41, 5.74) is 0. The molecule has 0 bridgehead atoms. The van der Waals surface area contributed by atoms with Crippen LogP contribution in [0.4, 0.5) is 0 Å². The highest BCUT2D eigenvalue weighted by molar-refractivity contribution is 5.71. The molecule has 0 saturated carbocycles. The summed E-state index contributed by atoms with van der Waals surface area (Å²) in [5.74, 6) is -0.912. The molecule has 0 radical (unpaired) electrons. The Morgan fingerprint density at radius 2 is 0.519 bits per heavy atom. The Bertz CT molecular complexity index is 1600. The normalized spacial score (nSPS) is 12.9. The summed E-state index contributed by atoms with van der Waals surface area (Å²) in [4.78, 5) is 38.2. The first-order valence-corrected chi connectivity index (χ1v) is 32.0. The topological polar surface area (TPSA) is 78.9 Å². The summed E-state index contributed by atoms with van der Waals surface area (Å²) >= 11 is 0. The number of hydrogen-bond donors (Lipinski definition) is 0. The van der Waals surface area contributed by atoms with Crippen LogP contribution in [-0.2, 0) is 28.6 Å². The molecule has 6 nitrogen and oxygen atoms in total. The van der Waals surface area contributed by atoms with E-state index in [1.807, 2.05) is 0 Å². The lowest BCUT2D eigenvalue weighted by Gasteiger charge is -2.18. The third-order valence-electron chi connectivity index (χ3n) is 13.4. The number of unbranched alkanes of at least 4 members (excludes halogenated alkanes) is 26. The molecular formula is C71H118O6. The maximum atomic E-state index is 12.9. The van der Waals surface area contributed by atoms with Gasteiger partial charge in [-0.1, -0.05) is 264 Å². The van der Waals surface area contributed by atoms with Crippen LogP contribution < -0.4 is 0 Å². The van der Waals surface area contributed by atoms with Crippen molar-refractivity contribution in [3.05, 3.63) is 122 Å². The van der Waals surface area contributed by atoms with Gasteiger partial charge in [0, 0.05) is 19.3 Å². The minimum Gasteiger partial charge on any atom is -0.462 e. The van der Waals surface area contributed by atoms with E-state index >= 15 is 0 Å². The molecular weight excluding hydrogens is 949 g/mol. The predicted octanol–water partition coefficient (Wildman–Crippen LogP) is 22.0. The summed E-state index contributed by atoms with van der Waals surface area (Å²) in [6.07, 6.45) is 89.2. The highest BCUT2D eigenvalue weighted by atomic mass is 16.6. The molecule has 6 heteroatoms. The monoisotopic (exact) mass is 1070 g/mol. The molecule has 0 aliphatic rings. The first kappa shape index (κ1) is 72.8. The summed E-state index contributed by atoms with van der Waals surface area (Å²) < 4.78 is 16.9. The molecule has 1 atom stereocenters. The molecule has 0 aromatic carbocycles. The minimum absolute atomic E-state index is 0.0886. The Morgan fingerprint density at radius 1 is 0.273 bits per heavy atom. The van der Waals surface area contributed by atoms with Crippen molar-refractivity contribution in [1.29, 1.82) is 0 Å². The van der Waals surface area contributed by atoms with Crippen molar-refractivity contribution in [2.45, 2.75) is 297 Å². The number of ether oxygens (including phenoxy) is 3. The number of carbonyl (C=O) groups excluding carboxylic acids is 3. The van der Waals surface area contributed by atoms with Gasteiger partial charge in [-0.25, -0.2) is 0 Å². The first-order valence-electron chi connectivity index (χ1n) is 32.0. The van der Waals surface area contributed by atoms with E-state index in [-0.39, 0.29) is 31.1 Å². The minimum atomic E-state index is -0.792. The number of allylic oxidation sites excluding steroid dienone is 20. The van der Waals surface area contributed by atoms with Crippen LogP contribution in [0.2, 0.25) is 0 Å². The van der Waals surface area contributed by atoms with Gasteiger partial charge in [0.25, 0.3) is 0 Å². The largest absolute Gasteiger partial charge is 0.462 e. The zero-order chi connectivity index (χ0) is 55.7. The fraction of sp³-hybridized carbons (Fsp3) is 0.676. The van der Waals surface area contributed by atoms with Crippen LogP contribution in [0.1, 0.15) is 290 Å². The standard InChI is InChI=1S/C71H118O6/c1-4-7-10-13-16-19-22-25-27-28-29-30-31-32-33-34-35-36-37-38-39-40-41-42-43-44-45-47-49-52-55-58-61-64-70(73)76-67-68(66-75-69(72)63-60-57-54-51-48-24-21-18-15-12-9-6-3)77-71(74)65-62-59-56-53-50-46-26-23-20-17-14-11-8-5-2/h7,10,14,16-19,21,23,25-27,29-30,32-33,35-36,38-39,68H,4-6,8-9,11-13,15,20,22,24,28,31,34,37,40-67H2,1-3H3/b10-7-,17-14-,19-16-,21-18-,26-23-,27-25-,30-29-,33-32-,36-35-,39-38-. The van der Waals surface area contributed by atoms with Crippen molar-refractivity contribution >= 4 is 17.9 Å². The van der Waals surface area contributed by atoms with Crippen LogP contribution in [0.3, 0.4) is 0 Å². The average Bonchev–Trinajstić information content (AvgIpc) is 3.43. The molecule has 0 rings (SSSR count). The van der Waals surface area contributed by atoms with E-state index in [0.29, 0.717) is 19.3 Å². The molecule has 0 saturated heterocycles.